The van der Waals surface area contributed by atoms with E-state index in [1.54, 1.807) is 7.11 Å². The second-order valence-corrected chi connectivity index (χ2v) is 4.18. The molecule has 0 saturated carbocycles. The van der Waals surface area contributed by atoms with Gasteiger partial charge >= 0.3 is 0 Å². The number of nitrogens with two attached hydrogens (primary N) is 1. The van der Waals surface area contributed by atoms with Crippen molar-refractivity contribution in [3.05, 3.63) is 30.3 Å². The Morgan fingerprint density at radius 1 is 1.38 bits per heavy atom. The highest BCUT2D eigenvalue weighted by Crippen LogP contribution is 2.16. The van der Waals surface area contributed by atoms with Crippen LogP contribution < -0.4 is 11.3 Å². The first-order valence-corrected chi connectivity index (χ1v) is 5.22. The van der Waals surface area contributed by atoms with Crippen molar-refractivity contribution >= 4 is 11.5 Å². The third-order valence-electron chi connectivity index (χ3n) is 2.33. The molecule has 0 saturated heterocycles. The molecule has 0 aliphatic carbocycles. The lowest BCUT2D eigenvalue weighted by Gasteiger charge is -2.23. The molecule has 4 nitrogen and oxygen atoms in total. The van der Waals surface area contributed by atoms with Crippen LogP contribution in [-0.4, -0.2) is 18.5 Å². The molecule has 1 aromatic rings. The predicted molar refractivity (Wildman–Crippen MR) is 66.6 cm³/mol. The highest BCUT2D eigenvalue weighted by molar-refractivity contribution is 5.85. The third-order valence-corrected chi connectivity index (χ3v) is 2.33. The number of nitrogens with one attached hydrogen (secondary N) is 1. The van der Waals surface area contributed by atoms with Crippen molar-refractivity contribution in [1.82, 2.24) is 5.43 Å². The highest BCUT2D eigenvalue weighted by atomic mass is 16.5. The lowest BCUT2D eigenvalue weighted by Crippen LogP contribution is -2.37. The average molecular weight is 221 g/mol. The molecule has 0 bridgehead atoms. The summed E-state index contributed by atoms with van der Waals surface area (Å²) < 4.78 is 5.33. The number of aliphatic imine (C=N–C) groups is 1. The van der Waals surface area contributed by atoms with Crippen LogP contribution in [0.3, 0.4) is 0 Å². The number of hydrazine groups is 1. The van der Waals surface area contributed by atoms with Gasteiger partial charge in [-0.2, -0.15) is 0 Å². The van der Waals surface area contributed by atoms with Gasteiger partial charge in [0.25, 0.3) is 0 Å². The minimum absolute atomic E-state index is 0.278. The van der Waals surface area contributed by atoms with Crippen molar-refractivity contribution in [3.8, 4) is 0 Å². The fourth-order valence-corrected chi connectivity index (χ4v) is 1.26. The number of hydrogen-bond donors (Lipinski definition) is 2. The quantitative estimate of drug-likeness (QED) is 0.354. The zero-order valence-corrected chi connectivity index (χ0v) is 10.0. The summed E-state index contributed by atoms with van der Waals surface area (Å²) in [5.41, 5.74) is 3.21. The molecule has 1 rings (SSSR count). The van der Waals surface area contributed by atoms with E-state index in [1.165, 1.54) is 0 Å². The van der Waals surface area contributed by atoms with E-state index < -0.39 is 0 Å². The van der Waals surface area contributed by atoms with Gasteiger partial charge in [0.15, 0.2) is 0 Å². The van der Waals surface area contributed by atoms with Crippen LogP contribution in [0.1, 0.15) is 20.3 Å². The first kappa shape index (κ1) is 12.7. The minimum atomic E-state index is -0.278. The van der Waals surface area contributed by atoms with Gasteiger partial charge in [-0.1, -0.05) is 18.2 Å². The van der Waals surface area contributed by atoms with E-state index in [-0.39, 0.29) is 5.60 Å². The van der Waals surface area contributed by atoms with E-state index in [1.807, 2.05) is 44.2 Å². The Labute approximate surface area is 96.5 Å². The Bertz CT molecular complexity index is 347. The SMILES string of the molecule is COC(C)(C)CC(=Nc1ccccc1)NN. The molecule has 0 spiro atoms. The van der Waals surface area contributed by atoms with Crippen LogP contribution in [0.25, 0.3) is 0 Å². The predicted octanol–water partition coefficient (Wildman–Crippen LogP) is 1.99. The van der Waals surface area contributed by atoms with Crippen LogP contribution in [0.15, 0.2) is 35.3 Å². The van der Waals surface area contributed by atoms with Gasteiger partial charge in [-0.25, -0.2) is 10.8 Å². The Balaban J connectivity index is 2.79. The summed E-state index contributed by atoms with van der Waals surface area (Å²) in [4.78, 5) is 4.41. The fourth-order valence-electron chi connectivity index (χ4n) is 1.26. The van der Waals surface area contributed by atoms with Gasteiger partial charge in [-0.05, 0) is 26.0 Å². The van der Waals surface area contributed by atoms with Gasteiger partial charge in [-0.15, -0.1) is 0 Å². The molecular formula is C12H19N3O. The maximum Gasteiger partial charge on any atom is 0.119 e. The number of benzene rings is 1. The Morgan fingerprint density at radius 2 is 2.00 bits per heavy atom. The summed E-state index contributed by atoms with van der Waals surface area (Å²) in [5, 5.41) is 0. The van der Waals surface area contributed by atoms with E-state index >= 15 is 0 Å². The van der Waals surface area contributed by atoms with E-state index in [4.69, 9.17) is 10.6 Å². The molecule has 0 atom stereocenters. The molecule has 0 heterocycles. The summed E-state index contributed by atoms with van der Waals surface area (Å²) in [5.74, 6) is 6.15. The highest BCUT2D eigenvalue weighted by Gasteiger charge is 2.19. The number of para-hydroxylation sites is 1. The van der Waals surface area contributed by atoms with E-state index in [0.717, 1.165) is 5.69 Å². The van der Waals surface area contributed by atoms with Crippen molar-refractivity contribution in [1.29, 1.82) is 0 Å². The molecule has 0 aliphatic heterocycles. The Hall–Kier alpha value is -1.39. The summed E-state index contributed by atoms with van der Waals surface area (Å²) in [6, 6.07) is 9.69. The molecular weight excluding hydrogens is 202 g/mol. The molecule has 0 radical (unpaired) electrons. The van der Waals surface area contributed by atoms with Crippen LogP contribution >= 0.6 is 0 Å². The van der Waals surface area contributed by atoms with Crippen LogP contribution in [-0.2, 0) is 4.74 Å². The largest absolute Gasteiger partial charge is 0.378 e. The molecule has 0 aliphatic rings. The Morgan fingerprint density at radius 3 is 2.50 bits per heavy atom. The number of ether oxygens (including phenoxy) is 1. The summed E-state index contributed by atoms with van der Waals surface area (Å²) in [7, 11) is 1.68. The number of amidine groups is 1. The lowest BCUT2D eigenvalue weighted by atomic mass is 10.0. The molecule has 0 unspecified atom stereocenters. The molecule has 0 fully saturated rings. The molecule has 88 valence electrons. The summed E-state index contributed by atoms with van der Waals surface area (Å²) in [6.45, 7) is 3.98. The van der Waals surface area contributed by atoms with Gasteiger partial charge < -0.3 is 10.2 Å². The van der Waals surface area contributed by atoms with Crippen LogP contribution in [0, 0.1) is 0 Å². The maximum absolute atomic E-state index is 5.45. The topological polar surface area (TPSA) is 59.6 Å². The van der Waals surface area contributed by atoms with Crippen molar-refractivity contribution in [3.63, 3.8) is 0 Å². The number of nitrogens with zero attached hydrogens (tertiary/aromatic N) is 1. The molecule has 0 aromatic heterocycles. The maximum atomic E-state index is 5.45. The number of hydrogen-bond acceptors (Lipinski definition) is 3. The third kappa shape index (κ3) is 4.00. The van der Waals surface area contributed by atoms with E-state index in [2.05, 4.69) is 10.4 Å². The average Bonchev–Trinajstić information content (AvgIpc) is 2.29. The van der Waals surface area contributed by atoms with Crippen molar-refractivity contribution < 1.29 is 4.74 Å². The molecule has 0 amide bonds. The van der Waals surface area contributed by atoms with E-state index in [0.29, 0.717) is 12.3 Å². The van der Waals surface area contributed by atoms with Crippen LogP contribution in [0.2, 0.25) is 0 Å². The van der Waals surface area contributed by atoms with Gasteiger partial charge in [0.2, 0.25) is 0 Å². The van der Waals surface area contributed by atoms with Crippen molar-refractivity contribution in [2.75, 3.05) is 7.11 Å². The molecule has 4 heteroatoms. The number of rotatable bonds is 4. The van der Waals surface area contributed by atoms with Gasteiger partial charge in [0.05, 0.1) is 11.3 Å². The Kier molecular flexibility index (Phi) is 4.46. The second kappa shape index (κ2) is 5.63. The van der Waals surface area contributed by atoms with Gasteiger partial charge in [0.1, 0.15) is 5.84 Å². The number of methoxy groups -OCH3 is 1. The normalized spacial score (nSPS) is 12.6. The summed E-state index contributed by atoms with van der Waals surface area (Å²) in [6.07, 6.45) is 0.634. The zero-order valence-electron chi connectivity index (χ0n) is 10.0. The second-order valence-electron chi connectivity index (χ2n) is 4.18. The van der Waals surface area contributed by atoms with E-state index in [9.17, 15) is 0 Å². The fraction of sp³-hybridized carbons (Fsp3) is 0.417. The van der Waals surface area contributed by atoms with Crippen molar-refractivity contribution in [2.45, 2.75) is 25.9 Å². The summed E-state index contributed by atoms with van der Waals surface area (Å²) >= 11 is 0. The monoisotopic (exact) mass is 221 g/mol. The standard InChI is InChI=1S/C12H19N3O/c1-12(2,16-3)9-11(15-13)14-10-7-5-4-6-8-10/h4-8H,9,13H2,1-3H3,(H,14,15). The minimum Gasteiger partial charge on any atom is -0.378 e. The van der Waals surface area contributed by atoms with Crippen LogP contribution in [0.4, 0.5) is 5.69 Å². The smallest absolute Gasteiger partial charge is 0.119 e. The molecule has 3 N–H and O–H groups in total. The van der Waals surface area contributed by atoms with Gasteiger partial charge in [-0.3, -0.25) is 0 Å². The molecule has 1 aromatic carbocycles. The lowest BCUT2D eigenvalue weighted by molar-refractivity contribution is 0.0286. The van der Waals surface area contributed by atoms with Gasteiger partial charge in [0, 0.05) is 13.5 Å². The van der Waals surface area contributed by atoms with Crippen molar-refractivity contribution in [2.24, 2.45) is 10.8 Å². The molecule has 16 heavy (non-hydrogen) atoms. The first-order valence-electron chi connectivity index (χ1n) is 5.22. The zero-order chi connectivity index (χ0) is 12.0. The first-order chi connectivity index (χ1) is 7.57. The van der Waals surface area contributed by atoms with Crippen LogP contribution in [0.5, 0.6) is 0 Å².